The van der Waals surface area contributed by atoms with E-state index in [0.29, 0.717) is 19.6 Å². The molecule has 0 amide bonds. The molecule has 0 heterocycles. The van der Waals surface area contributed by atoms with E-state index in [1.54, 1.807) is 14.2 Å². The Balaban J connectivity index is 2.05. The molecule has 0 aliphatic rings. The number of hydrogen-bond donors (Lipinski definition) is 1. The standard InChI is InChI=1S/C36H50N3O5P/c1-9-38-35(29(6)44-45(43-25-13-24-37)39(27(2)3)28(4)5)26-42-36(30-14-11-10-12-15-30,31-16-20-33(40-7)21-17-31)32-18-22-34(41-8)23-19-32/h10-12,14-23,27-29,35,38H,9,13,25-26H2,1-8H3. The van der Waals surface area contributed by atoms with Crippen LogP contribution in [0, 0.1) is 11.3 Å². The third-order valence-corrected chi connectivity index (χ3v) is 9.82. The van der Waals surface area contributed by atoms with Gasteiger partial charge in [0.05, 0.1) is 52.1 Å². The van der Waals surface area contributed by atoms with Gasteiger partial charge >= 0.3 is 0 Å². The van der Waals surface area contributed by atoms with E-state index in [-0.39, 0.29) is 24.2 Å². The van der Waals surface area contributed by atoms with E-state index in [2.05, 4.69) is 94.0 Å². The van der Waals surface area contributed by atoms with E-state index in [9.17, 15) is 0 Å². The molecule has 0 fully saturated rings. The molecule has 3 aromatic carbocycles. The molecule has 3 atom stereocenters. The van der Waals surface area contributed by atoms with Crippen molar-refractivity contribution in [3.05, 3.63) is 95.6 Å². The molecular formula is C36H50N3O5P. The minimum Gasteiger partial charge on any atom is -0.497 e. The topological polar surface area (TPSA) is 85.2 Å². The van der Waals surface area contributed by atoms with Crippen molar-refractivity contribution in [2.45, 2.75) is 77.8 Å². The maximum Gasteiger partial charge on any atom is 0.259 e. The van der Waals surface area contributed by atoms with Crippen molar-refractivity contribution in [1.82, 2.24) is 9.99 Å². The molecular weight excluding hydrogens is 585 g/mol. The van der Waals surface area contributed by atoms with Gasteiger partial charge in [0, 0.05) is 12.1 Å². The number of ether oxygens (including phenoxy) is 3. The van der Waals surface area contributed by atoms with Gasteiger partial charge in [-0.1, -0.05) is 61.5 Å². The van der Waals surface area contributed by atoms with Crippen LogP contribution >= 0.6 is 8.53 Å². The Morgan fingerprint density at radius 3 is 1.76 bits per heavy atom. The third kappa shape index (κ3) is 9.50. The van der Waals surface area contributed by atoms with Crippen molar-refractivity contribution >= 4 is 8.53 Å². The van der Waals surface area contributed by atoms with Gasteiger partial charge in [0.2, 0.25) is 0 Å². The number of nitriles is 1. The second-order valence-electron chi connectivity index (χ2n) is 11.3. The molecule has 3 unspecified atom stereocenters. The van der Waals surface area contributed by atoms with Gasteiger partial charge in [-0.2, -0.15) is 5.26 Å². The fourth-order valence-electron chi connectivity index (χ4n) is 5.42. The fourth-order valence-corrected chi connectivity index (χ4v) is 7.16. The van der Waals surface area contributed by atoms with Gasteiger partial charge in [-0.15, -0.1) is 0 Å². The molecule has 0 saturated heterocycles. The lowest BCUT2D eigenvalue weighted by molar-refractivity contribution is -0.0187. The number of rotatable bonds is 19. The Kier molecular flexibility index (Phi) is 14.7. The molecule has 1 N–H and O–H groups in total. The average Bonchev–Trinajstić information content (AvgIpc) is 3.05. The van der Waals surface area contributed by atoms with Crippen LogP contribution in [0.1, 0.15) is 64.7 Å². The lowest BCUT2D eigenvalue weighted by atomic mass is 9.80. The summed E-state index contributed by atoms with van der Waals surface area (Å²) in [5.74, 6) is 1.54. The quantitative estimate of drug-likeness (QED) is 0.0816. The summed E-state index contributed by atoms with van der Waals surface area (Å²) in [6.45, 7) is 14.1. The lowest BCUT2D eigenvalue weighted by Gasteiger charge is -2.40. The van der Waals surface area contributed by atoms with Crippen LogP contribution in [-0.4, -0.2) is 62.9 Å². The smallest absolute Gasteiger partial charge is 0.259 e. The van der Waals surface area contributed by atoms with E-state index < -0.39 is 14.1 Å². The minimum atomic E-state index is -1.42. The van der Waals surface area contributed by atoms with Crippen molar-refractivity contribution in [2.75, 3.05) is 34.0 Å². The molecule has 0 saturated carbocycles. The molecule has 0 radical (unpaired) electrons. The number of likely N-dealkylation sites (N-methyl/N-ethyl adjacent to an activating group) is 1. The van der Waals surface area contributed by atoms with Crippen LogP contribution in [0.2, 0.25) is 0 Å². The largest absolute Gasteiger partial charge is 0.497 e. The Morgan fingerprint density at radius 1 is 0.800 bits per heavy atom. The molecule has 0 aliphatic heterocycles. The second-order valence-corrected chi connectivity index (χ2v) is 12.7. The summed E-state index contributed by atoms with van der Waals surface area (Å²) in [5, 5.41) is 12.8. The first-order chi connectivity index (χ1) is 21.7. The molecule has 3 rings (SSSR count). The summed E-state index contributed by atoms with van der Waals surface area (Å²) in [4.78, 5) is 0. The lowest BCUT2D eigenvalue weighted by Crippen LogP contribution is -2.46. The van der Waals surface area contributed by atoms with Gasteiger partial charge in [0.15, 0.2) is 0 Å². The second kappa shape index (κ2) is 18.2. The SMILES string of the molecule is CCNC(COC(c1ccccc1)(c1ccc(OC)cc1)c1ccc(OC)cc1)C(C)OP(OCCC#N)N(C(C)C)C(C)C. The molecule has 244 valence electrons. The van der Waals surface area contributed by atoms with Crippen LogP contribution in [0.3, 0.4) is 0 Å². The monoisotopic (exact) mass is 635 g/mol. The highest BCUT2D eigenvalue weighted by atomic mass is 31.2. The van der Waals surface area contributed by atoms with Crippen LogP contribution in [0.5, 0.6) is 11.5 Å². The van der Waals surface area contributed by atoms with Crippen molar-refractivity contribution in [1.29, 1.82) is 5.26 Å². The van der Waals surface area contributed by atoms with Gasteiger partial charge < -0.3 is 28.6 Å². The molecule has 8 nitrogen and oxygen atoms in total. The number of benzene rings is 3. The maximum atomic E-state index is 9.15. The highest BCUT2D eigenvalue weighted by Gasteiger charge is 2.39. The van der Waals surface area contributed by atoms with E-state index >= 15 is 0 Å². The average molecular weight is 636 g/mol. The Hall–Kier alpha value is -3.02. The van der Waals surface area contributed by atoms with Gasteiger partial charge in [0.1, 0.15) is 17.1 Å². The molecule has 3 aromatic rings. The van der Waals surface area contributed by atoms with Crippen LogP contribution in [-0.2, 0) is 19.4 Å². The first-order valence-electron chi connectivity index (χ1n) is 15.7. The first kappa shape index (κ1) is 36.4. The third-order valence-electron chi connectivity index (χ3n) is 7.60. The summed E-state index contributed by atoms with van der Waals surface area (Å²) < 4.78 is 33.4. The number of hydrogen-bond acceptors (Lipinski definition) is 8. The summed E-state index contributed by atoms with van der Waals surface area (Å²) in [5.41, 5.74) is 1.99. The highest BCUT2D eigenvalue weighted by Crippen LogP contribution is 2.48. The normalized spacial score (nSPS) is 13.9. The van der Waals surface area contributed by atoms with Gasteiger partial charge in [-0.3, -0.25) is 0 Å². The van der Waals surface area contributed by atoms with Crippen LogP contribution in [0.15, 0.2) is 78.9 Å². The zero-order valence-corrected chi connectivity index (χ0v) is 28.9. The maximum absolute atomic E-state index is 9.15. The Morgan fingerprint density at radius 2 is 1.31 bits per heavy atom. The number of nitrogens with zero attached hydrogens (tertiary/aromatic N) is 2. The highest BCUT2D eigenvalue weighted by molar-refractivity contribution is 7.44. The zero-order valence-electron chi connectivity index (χ0n) is 28.0. The predicted molar refractivity (Wildman–Crippen MR) is 181 cm³/mol. The summed E-state index contributed by atoms with van der Waals surface area (Å²) in [6.07, 6.45) is 0.0438. The van der Waals surface area contributed by atoms with Gasteiger partial charge in [0.25, 0.3) is 8.53 Å². The van der Waals surface area contributed by atoms with Crippen molar-refractivity contribution in [3.63, 3.8) is 0 Å². The summed E-state index contributed by atoms with van der Waals surface area (Å²) >= 11 is 0. The summed E-state index contributed by atoms with van der Waals surface area (Å²) in [6, 6.07) is 28.8. The number of methoxy groups -OCH3 is 2. The minimum absolute atomic E-state index is 0.166. The fraction of sp³-hybridized carbons (Fsp3) is 0.472. The predicted octanol–water partition coefficient (Wildman–Crippen LogP) is 7.67. The molecule has 0 bridgehead atoms. The molecule has 0 spiro atoms. The molecule has 9 heteroatoms. The Bertz CT molecular complexity index is 1240. The zero-order chi connectivity index (χ0) is 32.8. The van der Waals surface area contributed by atoms with E-state index in [0.717, 1.165) is 34.7 Å². The van der Waals surface area contributed by atoms with Gasteiger partial charge in [-0.25, -0.2) is 4.67 Å². The first-order valence-corrected chi connectivity index (χ1v) is 16.8. The van der Waals surface area contributed by atoms with Crippen LogP contribution in [0.4, 0.5) is 0 Å². The summed E-state index contributed by atoms with van der Waals surface area (Å²) in [7, 11) is 1.91. The van der Waals surface area contributed by atoms with E-state index in [4.69, 9.17) is 28.5 Å². The van der Waals surface area contributed by atoms with Crippen molar-refractivity contribution in [3.8, 4) is 17.6 Å². The van der Waals surface area contributed by atoms with E-state index in [1.165, 1.54) is 0 Å². The molecule has 45 heavy (non-hydrogen) atoms. The van der Waals surface area contributed by atoms with Crippen molar-refractivity contribution in [2.24, 2.45) is 0 Å². The van der Waals surface area contributed by atoms with Gasteiger partial charge in [-0.05, 0) is 82.1 Å². The van der Waals surface area contributed by atoms with Crippen LogP contribution in [0.25, 0.3) is 0 Å². The number of nitrogens with one attached hydrogen (secondary N) is 1. The molecule has 0 aromatic heterocycles. The van der Waals surface area contributed by atoms with E-state index in [1.807, 2.05) is 42.5 Å². The van der Waals surface area contributed by atoms with Crippen LogP contribution < -0.4 is 14.8 Å². The van der Waals surface area contributed by atoms with Crippen molar-refractivity contribution < 1.29 is 23.3 Å². The Labute approximate surface area is 271 Å². The molecule has 0 aliphatic carbocycles.